The van der Waals surface area contributed by atoms with Gasteiger partial charge in [-0.2, -0.15) is 0 Å². The van der Waals surface area contributed by atoms with Crippen LogP contribution in [0.25, 0.3) is 0 Å². The Morgan fingerprint density at radius 2 is 2.05 bits per heavy atom. The number of hydrogen-bond acceptors (Lipinski definition) is 3. The highest BCUT2D eigenvalue weighted by molar-refractivity contribution is 7.12. The highest BCUT2D eigenvalue weighted by atomic mass is 32.1. The summed E-state index contributed by atoms with van der Waals surface area (Å²) < 4.78 is 0. The molecule has 0 aliphatic carbocycles. The van der Waals surface area contributed by atoms with Crippen molar-refractivity contribution in [2.24, 2.45) is 5.92 Å². The van der Waals surface area contributed by atoms with Crippen LogP contribution in [-0.4, -0.2) is 22.9 Å². The van der Waals surface area contributed by atoms with Gasteiger partial charge in [0.1, 0.15) is 6.17 Å². The van der Waals surface area contributed by atoms with Gasteiger partial charge < -0.3 is 4.90 Å². The van der Waals surface area contributed by atoms with Crippen LogP contribution in [0.5, 0.6) is 0 Å². The second-order valence-electron chi connectivity index (χ2n) is 6.32. The lowest BCUT2D eigenvalue weighted by atomic mass is 9.99. The van der Waals surface area contributed by atoms with E-state index in [0.717, 1.165) is 19.3 Å². The molecule has 1 aliphatic heterocycles. The predicted molar refractivity (Wildman–Crippen MR) is 89.4 cm³/mol. The highest BCUT2D eigenvalue weighted by Crippen LogP contribution is 2.35. The van der Waals surface area contributed by atoms with Gasteiger partial charge in [-0.1, -0.05) is 34.1 Å². The summed E-state index contributed by atoms with van der Waals surface area (Å²) in [6, 6.07) is 4.60. The average Bonchev–Trinajstić information content (AvgIpc) is 2.98. The third-order valence-corrected chi connectivity index (χ3v) is 5.40. The molecular formula is C17H28N2OS. The number of amides is 1. The van der Waals surface area contributed by atoms with Crippen LogP contribution in [0.4, 0.5) is 0 Å². The Morgan fingerprint density at radius 3 is 2.52 bits per heavy atom. The molecule has 2 heterocycles. The first kappa shape index (κ1) is 16.5. The van der Waals surface area contributed by atoms with Crippen LogP contribution in [-0.2, 0) is 4.79 Å². The molecule has 1 N–H and O–H groups in total. The van der Waals surface area contributed by atoms with Crippen LogP contribution in [0, 0.1) is 12.8 Å². The number of hydrogen-bond donors (Lipinski definition) is 1. The fourth-order valence-corrected chi connectivity index (χ4v) is 4.25. The van der Waals surface area contributed by atoms with Crippen LogP contribution in [0.2, 0.25) is 0 Å². The van der Waals surface area contributed by atoms with Crippen molar-refractivity contribution in [3.8, 4) is 0 Å². The van der Waals surface area contributed by atoms with Crippen molar-refractivity contribution in [1.82, 2.24) is 10.2 Å². The van der Waals surface area contributed by atoms with Crippen LogP contribution < -0.4 is 5.32 Å². The molecule has 0 spiro atoms. The van der Waals surface area contributed by atoms with Crippen LogP contribution >= 0.6 is 11.3 Å². The maximum Gasteiger partial charge on any atom is 0.241 e. The summed E-state index contributed by atoms with van der Waals surface area (Å²) >= 11 is 1.79. The molecule has 0 aromatic carbocycles. The summed E-state index contributed by atoms with van der Waals surface area (Å²) in [4.78, 5) is 17.5. The van der Waals surface area contributed by atoms with E-state index in [4.69, 9.17) is 0 Å². The fraction of sp³-hybridized carbons (Fsp3) is 0.706. The number of thiophene rings is 1. The van der Waals surface area contributed by atoms with Gasteiger partial charge in [-0.15, -0.1) is 11.3 Å². The quantitative estimate of drug-likeness (QED) is 0.858. The van der Waals surface area contributed by atoms with E-state index in [2.05, 4.69) is 57.0 Å². The number of rotatable bonds is 6. The maximum absolute atomic E-state index is 12.9. The summed E-state index contributed by atoms with van der Waals surface area (Å²) in [5, 5.41) is 3.58. The van der Waals surface area contributed by atoms with Gasteiger partial charge in [-0.3, -0.25) is 10.1 Å². The topological polar surface area (TPSA) is 32.3 Å². The molecule has 21 heavy (non-hydrogen) atoms. The molecule has 0 bridgehead atoms. The van der Waals surface area contributed by atoms with E-state index < -0.39 is 0 Å². The van der Waals surface area contributed by atoms with Crippen molar-refractivity contribution in [1.29, 1.82) is 0 Å². The van der Waals surface area contributed by atoms with Gasteiger partial charge in [0.25, 0.3) is 0 Å². The van der Waals surface area contributed by atoms with Gasteiger partial charge in [0, 0.05) is 15.8 Å². The molecule has 3 atom stereocenters. The van der Waals surface area contributed by atoms with Crippen LogP contribution in [0.15, 0.2) is 12.1 Å². The minimum absolute atomic E-state index is 0.0183. The lowest BCUT2D eigenvalue weighted by Crippen LogP contribution is -2.42. The van der Waals surface area contributed by atoms with Crippen LogP contribution in [0.1, 0.15) is 62.9 Å². The SMILES string of the molecule is CCCC1NC(c2ccc(C)s2)N(C(CC)C(C)C)C1=O. The first-order chi connectivity index (χ1) is 9.99. The summed E-state index contributed by atoms with van der Waals surface area (Å²) in [7, 11) is 0. The predicted octanol–water partition coefficient (Wildman–Crippen LogP) is 4.09. The minimum atomic E-state index is -0.0183. The first-order valence-electron chi connectivity index (χ1n) is 8.14. The van der Waals surface area contributed by atoms with Gasteiger partial charge in [-0.05, 0) is 37.8 Å². The molecular weight excluding hydrogens is 280 g/mol. The van der Waals surface area contributed by atoms with Crippen molar-refractivity contribution < 1.29 is 4.79 Å². The molecule has 1 aromatic rings. The maximum atomic E-state index is 12.9. The monoisotopic (exact) mass is 308 g/mol. The van der Waals surface area contributed by atoms with Crippen molar-refractivity contribution in [2.45, 2.75) is 72.1 Å². The Labute approximate surface area is 132 Å². The molecule has 3 unspecified atom stereocenters. The molecule has 4 heteroatoms. The van der Waals surface area contributed by atoms with Crippen molar-refractivity contribution in [3.05, 3.63) is 21.9 Å². The molecule has 2 rings (SSSR count). The number of nitrogens with zero attached hydrogens (tertiary/aromatic N) is 1. The Hall–Kier alpha value is -0.870. The zero-order chi connectivity index (χ0) is 15.6. The second-order valence-corrected chi connectivity index (χ2v) is 7.64. The summed E-state index contributed by atoms with van der Waals surface area (Å²) in [6.07, 6.45) is 3.02. The molecule has 1 amide bonds. The molecule has 1 fully saturated rings. The highest BCUT2D eigenvalue weighted by Gasteiger charge is 2.43. The standard InChI is InChI=1S/C17H28N2OS/c1-6-8-13-17(20)19(14(7-2)11(3)4)16(18-13)15-10-9-12(5)21-15/h9-11,13-14,16,18H,6-8H2,1-5H3. The Balaban J connectivity index is 2.32. The number of nitrogens with one attached hydrogen (secondary N) is 1. The van der Waals surface area contributed by atoms with Crippen molar-refractivity contribution in [2.75, 3.05) is 0 Å². The minimum Gasteiger partial charge on any atom is -0.317 e. The van der Waals surface area contributed by atoms with Gasteiger partial charge in [0.15, 0.2) is 0 Å². The third kappa shape index (κ3) is 3.32. The molecule has 118 valence electrons. The number of aryl methyl sites for hydroxylation is 1. The van der Waals surface area contributed by atoms with Crippen LogP contribution in [0.3, 0.4) is 0 Å². The lowest BCUT2D eigenvalue weighted by molar-refractivity contribution is -0.133. The van der Waals surface area contributed by atoms with E-state index in [0.29, 0.717) is 12.0 Å². The molecule has 1 saturated heterocycles. The second kappa shape index (κ2) is 6.93. The van der Waals surface area contributed by atoms with Gasteiger partial charge in [0.05, 0.1) is 6.04 Å². The molecule has 3 nitrogen and oxygen atoms in total. The van der Waals surface area contributed by atoms with Gasteiger partial charge in [0.2, 0.25) is 5.91 Å². The van der Waals surface area contributed by atoms with E-state index in [1.807, 2.05) is 0 Å². The molecule has 1 aromatic heterocycles. The first-order valence-corrected chi connectivity index (χ1v) is 8.95. The van der Waals surface area contributed by atoms with Crippen molar-refractivity contribution >= 4 is 17.2 Å². The molecule has 0 saturated carbocycles. The summed E-state index contributed by atoms with van der Waals surface area (Å²) in [5.74, 6) is 0.762. The normalized spacial score (nSPS) is 24.1. The Bertz CT molecular complexity index is 483. The van der Waals surface area contributed by atoms with E-state index in [1.54, 1.807) is 11.3 Å². The summed E-state index contributed by atoms with van der Waals surface area (Å²) in [5.41, 5.74) is 0. The summed E-state index contributed by atoms with van der Waals surface area (Å²) in [6.45, 7) is 10.9. The van der Waals surface area contributed by atoms with E-state index in [9.17, 15) is 4.79 Å². The van der Waals surface area contributed by atoms with Gasteiger partial charge >= 0.3 is 0 Å². The zero-order valence-corrected chi connectivity index (χ0v) is 14.7. The Kier molecular flexibility index (Phi) is 5.44. The molecule has 1 aliphatic rings. The van der Waals surface area contributed by atoms with Gasteiger partial charge in [-0.25, -0.2) is 0 Å². The third-order valence-electron chi connectivity index (χ3n) is 4.34. The zero-order valence-electron chi connectivity index (χ0n) is 13.8. The fourth-order valence-electron chi connectivity index (χ4n) is 3.31. The molecule has 0 radical (unpaired) electrons. The van der Waals surface area contributed by atoms with E-state index in [-0.39, 0.29) is 18.1 Å². The number of carbonyl (C=O) groups is 1. The average molecular weight is 308 g/mol. The van der Waals surface area contributed by atoms with Crippen molar-refractivity contribution in [3.63, 3.8) is 0 Å². The van der Waals surface area contributed by atoms with E-state index in [1.165, 1.54) is 9.75 Å². The lowest BCUT2D eigenvalue weighted by Gasteiger charge is -2.34. The van der Waals surface area contributed by atoms with E-state index >= 15 is 0 Å². The largest absolute Gasteiger partial charge is 0.317 e. The Morgan fingerprint density at radius 1 is 1.33 bits per heavy atom. The number of carbonyl (C=O) groups excluding carboxylic acids is 1. The smallest absolute Gasteiger partial charge is 0.241 e.